The molecule has 2 rings (SSSR count). The van der Waals surface area contributed by atoms with Gasteiger partial charge in [0, 0.05) is 31.7 Å². The minimum atomic E-state index is 0.0616. The maximum absolute atomic E-state index is 12.5. The summed E-state index contributed by atoms with van der Waals surface area (Å²) < 4.78 is 5.65. The van der Waals surface area contributed by atoms with E-state index in [2.05, 4.69) is 5.32 Å². The Kier molecular flexibility index (Phi) is 5.85. The summed E-state index contributed by atoms with van der Waals surface area (Å²) in [7, 11) is 2.01. The van der Waals surface area contributed by atoms with Crippen molar-refractivity contribution in [3.63, 3.8) is 0 Å². The van der Waals surface area contributed by atoms with Gasteiger partial charge in [-0.05, 0) is 39.7 Å². The SMILES string of the molecule is CCOC1CCN(C(=O)CC2(NC)CCCCC2)CC1. The summed E-state index contributed by atoms with van der Waals surface area (Å²) in [6.07, 6.45) is 9.12. The number of carbonyl (C=O) groups excluding carboxylic acids is 1. The van der Waals surface area contributed by atoms with E-state index < -0.39 is 0 Å². The highest BCUT2D eigenvalue weighted by Gasteiger charge is 2.34. The van der Waals surface area contributed by atoms with Crippen LogP contribution >= 0.6 is 0 Å². The molecule has 116 valence electrons. The first-order chi connectivity index (χ1) is 9.69. The zero-order valence-electron chi connectivity index (χ0n) is 13.1. The van der Waals surface area contributed by atoms with Crippen molar-refractivity contribution in [3.05, 3.63) is 0 Å². The molecule has 0 aromatic heterocycles. The molecular weight excluding hydrogens is 252 g/mol. The number of nitrogens with one attached hydrogen (secondary N) is 1. The number of carbonyl (C=O) groups is 1. The fraction of sp³-hybridized carbons (Fsp3) is 0.938. The van der Waals surface area contributed by atoms with Gasteiger partial charge in [0.2, 0.25) is 5.91 Å². The number of amides is 1. The van der Waals surface area contributed by atoms with Crippen molar-refractivity contribution in [2.45, 2.75) is 69.9 Å². The molecule has 1 saturated heterocycles. The molecule has 2 aliphatic rings. The van der Waals surface area contributed by atoms with Crippen LogP contribution in [-0.2, 0) is 9.53 Å². The van der Waals surface area contributed by atoms with E-state index in [4.69, 9.17) is 4.74 Å². The molecule has 1 heterocycles. The molecule has 0 bridgehead atoms. The molecule has 0 atom stereocenters. The molecule has 4 nitrogen and oxygen atoms in total. The minimum absolute atomic E-state index is 0.0616. The van der Waals surface area contributed by atoms with Crippen LogP contribution in [-0.4, -0.2) is 49.2 Å². The fourth-order valence-corrected chi connectivity index (χ4v) is 3.65. The third-order valence-corrected chi connectivity index (χ3v) is 5.03. The van der Waals surface area contributed by atoms with Gasteiger partial charge in [0.25, 0.3) is 0 Å². The highest BCUT2D eigenvalue weighted by molar-refractivity contribution is 5.77. The minimum Gasteiger partial charge on any atom is -0.378 e. The van der Waals surface area contributed by atoms with E-state index in [0.29, 0.717) is 18.4 Å². The van der Waals surface area contributed by atoms with Gasteiger partial charge in [0.1, 0.15) is 0 Å². The monoisotopic (exact) mass is 282 g/mol. The normalized spacial score (nSPS) is 23.8. The van der Waals surface area contributed by atoms with E-state index in [1.54, 1.807) is 0 Å². The third kappa shape index (κ3) is 3.95. The van der Waals surface area contributed by atoms with Crippen molar-refractivity contribution in [1.29, 1.82) is 0 Å². The second-order valence-electron chi connectivity index (χ2n) is 6.30. The van der Waals surface area contributed by atoms with Crippen LogP contribution in [0.25, 0.3) is 0 Å². The number of nitrogens with zero attached hydrogens (tertiary/aromatic N) is 1. The molecule has 0 aromatic rings. The highest BCUT2D eigenvalue weighted by Crippen LogP contribution is 2.31. The molecule has 1 N–H and O–H groups in total. The van der Waals surface area contributed by atoms with Gasteiger partial charge in [-0.15, -0.1) is 0 Å². The average molecular weight is 282 g/mol. The lowest BCUT2D eigenvalue weighted by Gasteiger charge is -2.39. The number of rotatable bonds is 5. The molecule has 0 unspecified atom stereocenters. The predicted octanol–water partition coefficient (Wildman–Crippen LogP) is 2.33. The Morgan fingerprint density at radius 2 is 1.90 bits per heavy atom. The lowest BCUT2D eigenvalue weighted by molar-refractivity contribution is -0.135. The van der Waals surface area contributed by atoms with Crippen molar-refractivity contribution < 1.29 is 9.53 Å². The van der Waals surface area contributed by atoms with Crippen molar-refractivity contribution in [2.24, 2.45) is 0 Å². The summed E-state index contributed by atoms with van der Waals surface area (Å²) >= 11 is 0. The molecule has 1 aliphatic heterocycles. The fourth-order valence-electron chi connectivity index (χ4n) is 3.65. The predicted molar refractivity (Wildman–Crippen MR) is 80.7 cm³/mol. The Balaban J connectivity index is 1.82. The molecule has 1 aliphatic carbocycles. The average Bonchev–Trinajstić information content (AvgIpc) is 2.49. The first kappa shape index (κ1) is 15.8. The summed E-state index contributed by atoms with van der Waals surface area (Å²) in [5.41, 5.74) is 0.0616. The quantitative estimate of drug-likeness (QED) is 0.841. The van der Waals surface area contributed by atoms with Gasteiger partial charge in [0.15, 0.2) is 0 Å². The molecule has 1 amide bonds. The molecule has 0 radical (unpaired) electrons. The Morgan fingerprint density at radius 3 is 2.45 bits per heavy atom. The van der Waals surface area contributed by atoms with E-state index in [9.17, 15) is 4.79 Å². The topological polar surface area (TPSA) is 41.6 Å². The smallest absolute Gasteiger partial charge is 0.224 e. The van der Waals surface area contributed by atoms with E-state index >= 15 is 0 Å². The summed E-state index contributed by atoms with van der Waals surface area (Å²) in [6, 6.07) is 0. The van der Waals surface area contributed by atoms with Gasteiger partial charge in [-0.25, -0.2) is 0 Å². The second kappa shape index (κ2) is 7.41. The molecule has 4 heteroatoms. The van der Waals surface area contributed by atoms with Gasteiger partial charge < -0.3 is 15.0 Å². The van der Waals surface area contributed by atoms with E-state index in [0.717, 1.165) is 45.4 Å². The van der Waals surface area contributed by atoms with Gasteiger partial charge >= 0.3 is 0 Å². The van der Waals surface area contributed by atoms with Gasteiger partial charge in [-0.1, -0.05) is 19.3 Å². The molecule has 0 spiro atoms. The molecule has 20 heavy (non-hydrogen) atoms. The molecule has 2 fully saturated rings. The zero-order valence-corrected chi connectivity index (χ0v) is 13.1. The number of hydrogen-bond donors (Lipinski definition) is 1. The number of hydrogen-bond acceptors (Lipinski definition) is 3. The molecular formula is C16H30N2O2. The van der Waals surface area contributed by atoms with Gasteiger partial charge in [0.05, 0.1) is 6.10 Å². The molecule has 1 saturated carbocycles. The summed E-state index contributed by atoms with van der Waals surface area (Å²) in [5.74, 6) is 0.330. The van der Waals surface area contributed by atoms with Gasteiger partial charge in [-0.3, -0.25) is 4.79 Å². The van der Waals surface area contributed by atoms with E-state index in [1.807, 2.05) is 18.9 Å². The summed E-state index contributed by atoms with van der Waals surface area (Å²) in [6.45, 7) is 4.55. The zero-order chi connectivity index (χ0) is 14.4. The first-order valence-corrected chi connectivity index (χ1v) is 8.27. The largest absolute Gasteiger partial charge is 0.378 e. The lowest BCUT2D eigenvalue weighted by Crippen LogP contribution is -2.50. The van der Waals surface area contributed by atoms with Crippen LogP contribution in [0.15, 0.2) is 0 Å². The van der Waals surface area contributed by atoms with Crippen LogP contribution in [0.3, 0.4) is 0 Å². The summed E-state index contributed by atoms with van der Waals surface area (Å²) in [5, 5.41) is 3.44. The van der Waals surface area contributed by atoms with Crippen LogP contribution in [0, 0.1) is 0 Å². The highest BCUT2D eigenvalue weighted by atomic mass is 16.5. The Bertz CT molecular complexity index is 306. The van der Waals surface area contributed by atoms with Crippen LogP contribution in [0.5, 0.6) is 0 Å². The maximum Gasteiger partial charge on any atom is 0.224 e. The Labute approximate surface area is 123 Å². The van der Waals surface area contributed by atoms with Crippen LogP contribution in [0.4, 0.5) is 0 Å². The van der Waals surface area contributed by atoms with Crippen LogP contribution in [0.1, 0.15) is 58.3 Å². The maximum atomic E-state index is 12.5. The summed E-state index contributed by atoms with van der Waals surface area (Å²) in [4.78, 5) is 14.6. The van der Waals surface area contributed by atoms with Crippen molar-refractivity contribution in [3.8, 4) is 0 Å². The van der Waals surface area contributed by atoms with Gasteiger partial charge in [-0.2, -0.15) is 0 Å². The number of ether oxygens (including phenoxy) is 1. The second-order valence-corrected chi connectivity index (χ2v) is 6.30. The standard InChI is InChI=1S/C16H30N2O2/c1-3-20-14-7-11-18(12-8-14)15(19)13-16(17-2)9-5-4-6-10-16/h14,17H,3-13H2,1-2H3. The lowest BCUT2D eigenvalue weighted by atomic mass is 9.79. The van der Waals surface area contributed by atoms with E-state index in [-0.39, 0.29) is 5.54 Å². The Morgan fingerprint density at radius 1 is 1.25 bits per heavy atom. The van der Waals surface area contributed by atoms with Crippen molar-refractivity contribution in [2.75, 3.05) is 26.7 Å². The number of piperidine rings is 1. The first-order valence-electron chi connectivity index (χ1n) is 8.27. The van der Waals surface area contributed by atoms with Crippen LogP contribution in [0.2, 0.25) is 0 Å². The van der Waals surface area contributed by atoms with Crippen LogP contribution < -0.4 is 5.32 Å². The third-order valence-electron chi connectivity index (χ3n) is 5.03. The Hall–Kier alpha value is -0.610. The van der Waals surface area contributed by atoms with E-state index in [1.165, 1.54) is 19.3 Å². The van der Waals surface area contributed by atoms with Crippen molar-refractivity contribution in [1.82, 2.24) is 10.2 Å². The molecule has 0 aromatic carbocycles. The number of likely N-dealkylation sites (tertiary alicyclic amines) is 1. The van der Waals surface area contributed by atoms with Crippen molar-refractivity contribution >= 4 is 5.91 Å².